The van der Waals surface area contributed by atoms with E-state index in [1.165, 1.54) is 20.8 Å². The first kappa shape index (κ1) is 23.9. The lowest BCUT2D eigenvalue weighted by atomic mass is 10.0. The molecule has 1 aromatic rings. The highest BCUT2D eigenvalue weighted by molar-refractivity contribution is 6.65. The van der Waals surface area contributed by atoms with Crippen LogP contribution in [-0.2, 0) is 45.4 Å². The highest BCUT2D eigenvalue weighted by Crippen LogP contribution is 2.35. The molecule has 9 heteroatoms. The van der Waals surface area contributed by atoms with E-state index in [0.29, 0.717) is 18.9 Å². The lowest BCUT2D eigenvalue weighted by molar-refractivity contribution is -0.202. The number of ether oxygens (including phenoxy) is 2. The summed E-state index contributed by atoms with van der Waals surface area (Å²) in [5, 5.41) is 0. The van der Waals surface area contributed by atoms with Gasteiger partial charge < -0.3 is 22.8 Å². The third-order valence-corrected chi connectivity index (χ3v) is 7.04. The van der Waals surface area contributed by atoms with E-state index < -0.39 is 32.5 Å². The van der Waals surface area contributed by atoms with Crippen molar-refractivity contribution >= 4 is 26.7 Å². The van der Waals surface area contributed by atoms with Gasteiger partial charge in [0.1, 0.15) is 5.75 Å². The molecule has 0 saturated carbocycles. The van der Waals surface area contributed by atoms with Crippen molar-refractivity contribution in [2.45, 2.75) is 72.8 Å². The Morgan fingerprint density at radius 2 is 1.63 bits per heavy atom. The van der Waals surface area contributed by atoms with Gasteiger partial charge in [-0.15, -0.1) is 0 Å². The molecule has 0 fully saturated rings. The van der Waals surface area contributed by atoms with Crippen LogP contribution in [0, 0.1) is 5.92 Å². The van der Waals surface area contributed by atoms with Crippen LogP contribution in [0.1, 0.15) is 59.1 Å². The van der Waals surface area contributed by atoms with Gasteiger partial charge in [0.15, 0.2) is 0 Å². The maximum Gasteiger partial charge on any atom is 0.705 e. The van der Waals surface area contributed by atoms with Gasteiger partial charge in [0.05, 0.1) is 12.7 Å². The summed E-state index contributed by atoms with van der Waals surface area (Å²) in [7, 11) is -3.86. The van der Waals surface area contributed by atoms with Gasteiger partial charge in [-0.3, -0.25) is 14.4 Å². The molecule has 0 aromatic heterocycles. The van der Waals surface area contributed by atoms with Crippen LogP contribution in [0.25, 0.3) is 0 Å². The quantitative estimate of drug-likeness (QED) is 0.569. The van der Waals surface area contributed by atoms with E-state index in [1.807, 2.05) is 25.1 Å². The van der Waals surface area contributed by atoms with Crippen molar-refractivity contribution in [3.8, 4) is 5.75 Å². The van der Waals surface area contributed by atoms with E-state index in [9.17, 15) is 14.4 Å². The Bertz CT molecular complexity index is 765. The predicted molar refractivity (Wildman–Crippen MR) is 109 cm³/mol. The number of benzene rings is 1. The molecule has 0 saturated heterocycles. The summed E-state index contributed by atoms with van der Waals surface area (Å²) in [6.07, 6.45) is 1.14. The van der Waals surface area contributed by atoms with Crippen LogP contribution in [0.15, 0.2) is 18.2 Å². The maximum absolute atomic E-state index is 11.6. The van der Waals surface area contributed by atoms with Crippen LogP contribution < -0.4 is 4.74 Å². The maximum atomic E-state index is 11.6. The average molecular weight is 439 g/mol. The molecule has 30 heavy (non-hydrogen) atoms. The van der Waals surface area contributed by atoms with Crippen molar-refractivity contribution in [1.29, 1.82) is 0 Å². The summed E-state index contributed by atoms with van der Waals surface area (Å²) in [5.41, 5.74) is 1.78. The SMILES string of the molecule is CC(=O)O[Si](CCc1ccc2c(c1)COC(C)(CC(C)C)O2)(OC(C)=O)OC(C)=O. The molecule has 0 amide bonds. The number of rotatable bonds is 8. The largest absolute Gasteiger partial charge is 0.705 e. The number of hydrogen-bond donors (Lipinski definition) is 0. The molecule has 2 rings (SSSR count). The fraction of sp³-hybridized carbons (Fsp3) is 0.571. The van der Waals surface area contributed by atoms with Crippen LogP contribution in [0.4, 0.5) is 0 Å². The van der Waals surface area contributed by atoms with Gasteiger partial charge in [-0.2, -0.15) is 0 Å². The zero-order valence-electron chi connectivity index (χ0n) is 18.4. The monoisotopic (exact) mass is 438 g/mol. The third-order valence-electron chi connectivity index (χ3n) is 4.38. The topological polar surface area (TPSA) is 97.4 Å². The minimum atomic E-state index is -3.86. The summed E-state index contributed by atoms with van der Waals surface area (Å²) in [5.74, 6) is -1.51. The molecule has 0 bridgehead atoms. The zero-order chi connectivity index (χ0) is 22.5. The number of fused-ring (bicyclic) bond motifs is 1. The summed E-state index contributed by atoms with van der Waals surface area (Å²) >= 11 is 0. The minimum absolute atomic E-state index is 0.0807. The summed E-state index contributed by atoms with van der Waals surface area (Å²) in [6.45, 7) is 10.1. The molecule has 0 aliphatic carbocycles. The third kappa shape index (κ3) is 6.84. The Morgan fingerprint density at radius 1 is 1.07 bits per heavy atom. The molecule has 0 spiro atoms. The first-order chi connectivity index (χ1) is 13.9. The lowest BCUT2D eigenvalue weighted by Gasteiger charge is -2.37. The van der Waals surface area contributed by atoms with Gasteiger partial charge >= 0.3 is 8.80 Å². The molecule has 0 N–H and O–H groups in total. The van der Waals surface area contributed by atoms with E-state index in [0.717, 1.165) is 23.3 Å². The van der Waals surface area contributed by atoms with E-state index in [4.69, 9.17) is 22.8 Å². The summed E-state index contributed by atoms with van der Waals surface area (Å²) in [6, 6.07) is 5.77. The van der Waals surface area contributed by atoms with Gasteiger partial charge in [-0.1, -0.05) is 19.9 Å². The van der Waals surface area contributed by atoms with E-state index in [-0.39, 0.29) is 6.04 Å². The summed E-state index contributed by atoms with van der Waals surface area (Å²) in [4.78, 5) is 34.7. The molecular formula is C21H30O8Si. The fourth-order valence-electron chi connectivity index (χ4n) is 3.51. The number of aryl methyl sites for hydroxylation is 1. The van der Waals surface area contributed by atoms with Crippen LogP contribution >= 0.6 is 0 Å². The number of carbonyl (C=O) groups is 3. The van der Waals surface area contributed by atoms with Crippen molar-refractivity contribution < 1.29 is 37.1 Å². The minimum Gasteiger partial charge on any atom is -0.462 e. The van der Waals surface area contributed by atoms with E-state index in [1.54, 1.807) is 0 Å². The summed E-state index contributed by atoms with van der Waals surface area (Å²) < 4.78 is 27.7. The Hall–Kier alpha value is -2.39. The molecule has 1 aliphatic heterocycles. The first-order valence-electron chi connectivity index (χ1n) is 9.95. The van der Waals surface area contributed by atoms with Crippen molar-refractivity contribution in [1.82, 2.24) is 0 Å². The molecule has 1 aliphatic rings. The molecular weight excluding hydrogens is 408 g/mol. The normalized spacial score (nSPS) is 18.2. The first-order valence-corrected chi connectivity index (χ1v) is 11.9. The van der Waals surface area contributed by atoms with Crippen LogP contribution in [0.3, 0.4) is 0 Å². The van der Waals surface area contributed by atoms with Gasteiger partial charge in [0, 0.05) is 39.7 Å². The molecule has 1 atom stereocenters. The number of carbonyl (C=O) groups excluding carboxylic acids is 3. The van der Waals surface area contributed by atoms with E-state index in [2.05, 4.69) is 13.8 Å². The predicted octanol–water partition coefficient (Wildman–Crippen LogP) is 3.53. The number of hydrogen-bond acceptors (Lipinski definition) is 8. The highest BCUT2D eigenvalue weighted by atomic mass is 28.4. The van der Waals surface area contributed by atoms with Crippen molar-refractivity contribution in [3.63, 3.8) is 0 Å². The standard InChI is InChI=1S/C21H30O8Si/c1-14(2)12-21(6)25-13-19-11-18(7-8-20(19)26-21)9-10-30(27-15(3)22,28-16(4)23)29-17(5)24/h7-8,11,14H,9-10,12-13H2,1-6H3. The molecule has 1 aromatic carbocycles. The van der Waals surface area contributed by atoms with Crippen LogP contribution in [-0.4, -0.2) is 32.5 Å². The molecule has 0 radical (unpaired) electrons. The van der Waals surface area contributed by atoms with Gasteiger partial charge in [0.2, 0.25) is 5.79 Å². The lowest BCUT2D eigenvalue weighted by Crippen LogP contribution is -2.49. The fourth-order valence-corrected chi connectivity index (χ4v) is 5.85. The zero-order valence-corrected chi connectivity index (χ0v) is 19.4. The van der Waals surface area contributed by atoms with Gasteiger partial charge in [-0.25, -0.2) is 0 Å². The van der Waals surface area contributed by atoms with Crippen LogP contribution in [0.2, 0.25) is 6.04 Å². The van der Waals surface area contributed by atoms with Crippen molar-refractivity contribution in [2.24, 2.45) is 5.92 Å². The van der Waals surface area contributed by atoms with E-state index >= 15 is 0 Å². The smallest absolute Gasteiger partial charge is 0.462 e. The van der Waals surface area contributed by atoms with Gasteiger partial charge in [-0.05, 0) is 30.0 Å². The Kier molecular flexibility index (Phi) is 7.65. The Labute approximate surface area is 178 Å². The molecule has 1 heterocycles. The highest BCUT2D eigenvalue weighted by Gasteiger charge is 2.51. The second-order valence-electron chi connectivity index (χ2n) is 8.03. The Morgan fingerprint density at radius 3 is 2.13 bits per heavy atom. The Balaban J connectivity index is 2.17. The van der Waals surface area contributed by atoms with Crippen molar-refractivity contribution in [3.05, 3.63) is 29.3 Å². The molecule has 166 valence electrons. The average Bonchev–Trinajstić information content (AvgIpc) is 2.57. The van der Waals surface area contributed by atoms with Crippen LogP contribution in [0.5, 0.6) is 5.75 Å². The second kappa shape index (κ2) is 9.61. The van der Waals surface area contributed by atoms with Gasteiger partial charge in [0.25, 0.3) is 17.9 Å². The molecule has 1 unspecified atom stereocenters. The molecule has 8 nitrogen and oxygen atoms in total. The second-order valence-corrected chi connectivity index (χ2v) is 10.5. The van der Waals surface area contributed by atoms with Crippen molar-refractivity contribution in [2.75, 3.05) is 0 Å².